The molecule has 118 valence electrons. The van der Waals surface area contributed by atoms with E-state index in [0.717, 1.165) is 19.5 Å². The molecular formula is C23H22N+. The van der Waals surface area contributed by atoms with Gasteiger partial charge in [-0.1, -0.05) is 66.2 Å². The van der Waals surface area contributed by atoms with Gasteiger partial charge < -0.3 is 0 Å². The summed E-state index contributed by atoms with van der Waals surface area (Å²) in [6.45, 7) is 4.20. The Morgan fingerprint density at radius 3 is 2.29 bits per heavy atom. The fourth-order valence-corrected chi connectivity index (χ4v) is 3.59. The van der Waals surface area contributed by atoms with Gasteiger partial charge in [0.1, 0.15) is 6.54 Å². The van der Waals surface area contributed by atoms with Crippen LogP contribution in [-0.2, 0) is 13.0 Å². The summed E-state index contributed by atoms with van der Waals surface area (Å²) < 4.78 is 2.53. The summed E-state index contributed by atoms with van der Waals surface area (Å²) in [6.07, 6.45) is 1.11. The highest BCUT2D eigenvalue weighted by Gasteiger charge is 2.27. The van der Waals surface area contributed by atoms with Crippen LogP contribution in [0.2, 0.25) is 0 Å². The minimum Gasteiger partial charge on any atom is -0.224 e. The van der Waals surface area contributed by atoms with Crippen molar-refractivity contribution in [3.05, 3.63) is 107 Å². The first-order valence-electron chi connectivity index (χ1n) is 8.62. The van der Waals surface area contributed by atoms with Gasteiger partial charge >= 0.3 is 0 Å². The lowest BCUT2D eigenvalue weighted by atomic mass is 9.91. The molecule has 1 heterocycles. The third-order valence-electron chi connectivity index (χ3n) is 4.75. The number of hydrogen-bond acceptors (Lipinski definition) is 0. The molecule has 0 fully saturated rings. The van der Waals surface area contributed by atoms with Crippen molar-refractivity contribution in [3.63, 3.8) is 0 Å². The van der Waals surface area contributed by atoms with Crippen molar-refractivity contribution in [1.29, 1.82) is 0 Å². The van der Waals surface area contributed by atoms with Gasteiger partial charge in [0, 0.05) is 23.1 Å². The highest BCUT2D eigenvalue weighted by atomic mass is 15.0. The van der Waals surface area contributed by atoms with Crippen LogP contribution in [0, 0.1) is 6.92 Å². The normalized spacial score (nSPS) is 13.7. The highest BCUT2D eigenvalue weighted by molar-refractivity contribution is 6.11. The van der Waals surface area contributed by atoms with Gasteiger partial charge in [0.05, 0.1) is 0 Å². The summed E-state index contributed by atoms with van der Waals surface area (Å²) in [5, 5.41) is 0. The van der Waals surface area contributed by atoms with Crippen LogP contribution >= 0.6 is 0 Å². The molecule has 4 rings (SSSR count). The van der Waals surface area contributed by atoms with Gasteiger partial charge in [-0.25, -0.2) is 4.58 Å². The van der Waals surface area contributed by atoms with Crippen LogP contribution in [0.15, 0.2) is 78.9 Å². The summed E-state index contributed by atoms with van der Waals surface area (Å²) in [4.78, 5) is 0. The van der Waals surface area contributed by atoms with Gasteiger partial charge in [-0.05, 0) is 30.7 Å². The average Bonchev–Trinajstić information content (AvgIpc) is 2.63. The maximum absolute atomic E-state index is 2.53. The van der Waals surface area contributed by atoms with Gasteiger partial charge in [0.2, 0.25) is 5.71 Å². The third-order valence-corrected chi connectivity index (χ3v) is 4.75. The van der Waals surface area contributed by atoms with Crippen LogP contribution in [0.25, 0.3) is 0 Å². The zero-order valence-corrected chi connectivity index (χ0v) is 14.1. The van der Waals surface area contributed by atoms with E-state index in [1.54, 1.807) is 0 Å². The Morgan fingerprint density at radius 2 is 1.54 bits per heavy atom. The molecule has 0 unspecified atom stereocenters. The van der Waals surface area contributed by atoms with Crippen molar-refractivity contribution in [2.24, 2.45) is 0 Å². The van der Waals surface area contributed by atoms with Crippen molar-refractivity contribution in [3.8, 4) is 0 Å². The maximum Gasteiger partial charge on any atom is 0.215 e. The van der Waals surface area contributed by atoms with E-state index in [9.17, 15) is 0 Å². The largest absolute Gasteiger partial charge is 0.224 e. The van der Waals surface area contributed by atoms with Crippen LogP contribution in [0.1, 0.15) is 27.8 Å². The average molecular weight is 312 g/mol. The van der Waals surface area contributed by atoms with Crippen molar-refractivity contribution >= 4 is 5.71 Å². The lowest BCUT2D eigenvalue weighted by molar-refractivity contribution is -0.544. The number of fused-ring (bicyclic) bond motifs is 1. The molecule has 0 saturated carbocycles. The zero-order valence-electron chi connectivity index (χ0n) is 14.1. The number of aryl methyl sites for hydroxylation is 1. The molecule has 3 aromatic carbocycles. The molecule has 1 heteroatoms. The fourth-order valence-electron chi connectivity index (χ4n) is 3.59. The van der Waals surface area contributed by atoms with Gasteiger partial charge in [-0.15, -0.1) is 0 Å². The van der Waals surface area contributed by atoms with Gasteiger partial charge in [-0.3, -0.25) is 0 Å². The number of nitrogens with zero attached hydrogens (tertiary/aromatic N) is 1. The number of hydrogen-bond donors (Lipinski definition) is 0. The molecule has 3 aromatic rings. The summed E-state index contributed by atoms with van der Waals surface area (Å²) in [5.41, 5.74) is 8.23. The number of rotatable bonds is 3. The Kier molecular flexibility index (Phi) is 4.00. The Balaban J connectivity index is 1.86. The van der Waals surface area contributed by atoms with Crippen LogP contribution < -0.4 is 0 Å². The molecule has 0 aromatic heterocycles. The van der Waals surface area contributed by atoms with E-state index in [0.29, 0.717) is 0 Å². The molecule has 24 heavy (non-hydrogen) atoms. The monoisotopic (exact) mass is 312 g/mol. The SMILES string of the molecule is Cc1ccc2c(c1)CC[N+](Cc1ccccc1)=C2c1ccccc1. The van der Waals surface area contributed by atoms with E-state index in [2.05, 4.69) is 90.4 Å². The van der Waals surface area contributed by atoms with Crippen LogP contribution in [0.3, 0.4) is 0 Å². The van der Waals surface area contributed by atoms with E-state index >= 15 is 0 Å². The standard InChI is InChI=1S/C23H22N/c1-18-12-13-22-21(16-18)14-15-24(17-19-8-4-2-5-9-19)23(22)20-10-6-3-7-11-20/h2-13,16H,14-15,17H2,1H3/q+1. The fraction of sp³-hybridized carbons (Fsp3) is 0.174. The second-order valence-corrected chi connectivity index (χ2v) is 6.53. The summed E-state index contributed by atoms with van der Waals surface area (Å²) in [5.74, 6) is 0. The Hall–Kier alpha value is -2.67. The van der Waals surface area contributed by atoms with Gasteiger partial charge in [0.15, 0.2) is 6.54 Å². The van der Waals surface area contributed by atoms with Crippen molar-refractivity contribution in [1.82, 2.24) is 0 Å². The second kappa shape index (κ2) is 6.45. The van der Waals surface area contributed by atoms with Crippen molar-refractivity contribution < 1.29 is 4.58 Å². The highest BCUT2D eigenvalue weighted by Crippen LogP contribution is 2.22. The second-order valence-electron chi connectivity index (χ2n) is 6.53. The van der Waals surface area contributed by atoms with Crippen LogP contribution in [0.5, 0.6) is 0 Å². The topological polar surface area (TPSA) is 3.01 Å². The Morgan fingerprint density at radius 1 is 0.833 bits per heavy atom. The van der Waals surface area contributed by atoms with Crippen molar-refractivity contribution in [2.45, 2.75) is 19.9 Å². The van der Waals surface area contributed by atoms with Gasteiger partial charge in [0.25, 0.3) is 0 Å². The quantitative estimate of drug-likeness (QED) is 0.622. The summed E-state index contributed by atoms with van der Waals surface area (Å²) in [7, 11) is 0. The molecule has 0 saturated heterocycles. The van der Waals surface area contributed by atoms with Crippen LogP contribution in [0.4, 0.5) is 0 Å². The first-order valence-corrected chi connectivity index (χ1v) is 8.62. The lowest BCUT2D eigenvalue weighted by Crippen LogP contribution is -2.30. The third kappa shape index (κ3) is 2.90. The van der Waals surface area contributed by atoms with E-state index in [1.165, 1.54) is 33.5 Å². The smallest absolute Gasteiger partial charge is 0.215 e. The molecule has 0 amide bonds. The molecule has 0 spiro atoms. The Labute approximate surface area is 143 Å². The van der Waals surface area contributed by atoms with Gasteiger partial charge in [-0.2, -0.15) is 0 Å². The maximum atomic E-state index is 2.53. The Bertz CT molecular complexity index is 876. The van der Waals surface area contributed by atoms with Crippen LogP contribution in [-0.4, -0.2) is 16.8 Å². The molecule has 1 aliphatic rings. The van der Waals surface area contributed by atoms with E-state index in [-0.39, 0.29) is 0 Å². The molecule has 0 bridgehead atoms. The first-order chi connectivity index (χ1) is 11.8. The van der Waals surface area contributed by atoms with E-state index in [4.69, 9.17) is 0 Å². The molecular weight excluding hydrogens is 290 g/mol. The minimum atomic E-state index is 0.957. The summed E-state index contributed by atoms with van der Waals surface area (Å²) in [6, 6.07) is 28.4. The molecule has 1 nitrogen and oxygen atoms in total. The van der Waals surface area contributed by atoms with E-state index < -0.39 is 0 Å². The number of benzene rings is 3. The molecule has 0 atom stereocenters. The predicted molar refractivity (Wildman–Crippen MR) is 99.8 cm³/mol. The lowest BCUT2D eigenvalue weighted by Gasteiger charge is -2.19. The molecule has 0 aliphatic carbocycles. The zero-order chi connectivity index (χ0) is 16.4. The molecule has 0 radical (unpaired) electrons. The predicted octanol–water partition coefficient (Wildman–Crippen LogP) is 4.60. The molecule has 0 N–H and O–H groups in total. The first kappa shape index (κ1) is 14.9. The molecule has 1 aliphatic heterocycles. The van der Waals surface area contributed by atoms with E-state index in [1.807, 2.05) is 0 Å². The van der Waals surface area contributed by atoms with Crippen molar-refractivity contribution in [2.75, 3.05) is 6.54 Å². The minimum absolute atomic E-state index is 0.957. The summed E-state index contributed by atoms with van der Waals surface area (Å²) >= 11 is 0.